The summed E-state index contributed by atoms with van der Waals surface area (Å²) in [6.07, 6.45) is 6.71. The van der Waals surface area contributed by atoms with E-state index in [2.05, 4.69) is 5.92 Å². The number of methoxy groups -OCH3 is 1. The Morgan fingerprint density at radius 2 is 2.36 bits per heavy atom. The first-order chi connectivity index (χ1) is 5.22. The van der Waals surface area contributed by atoms with Crippen molar-refractivity contribution in [1.29, 1.82) is 0 Å². The van der Waals surface area contributed by atoms with E-state index >= 15 is 0 Å². The van der Waals surface area contributed by atoms with Gasteiger partial charge >= 0.3 is 0 Å². The average Bonchev–Trinajstić information content (AvgIpc) is 2.03. The van der Waals surface area contributed by atoms with E-state index in [1.54, 1.807) is 6.92 Å². The van der Waals surface area contributed by atoms with Crippen LogP contribution in [-0.2, 0) is 9.53 Å². The highest BCUT2D eigenvalue weighted by Crippen LogP contribution is 2.00. The van der Waals surface area contributed by atoms with Crippen molar-refractivity contribution in [2.24, 2.45) is 0 Å². The molecule has 0 heterocycles. The van der Waals surface area contributed by atoms with Gasteiger partial charge in [0.15, 0.2) is 5.78 Å². The van der Waals surface area contributed by atoms with Gasteiger partial charge in [0, 0.05) is 20.0 Å². The minimum absolute atomic E-state index is 0.128. The number of hydrogen-bond donors (Lipinski definition) is 0. The highest BCUT2D eigenvalue weighted by Gasteiger charge is 2.09. The zero-order valence-corrected chi connectivity index (χ0v) is 7.09. The lowest BCUT2D eigenvalue weighted by Crippen LogP contribution is -2.18. The minimum Gasteiger partial charge on any atom is -0.374 e. The van der Waals surface area contributed by atoms with Crippen LogP contribution < -0.4 is 0 Å². The van der Waals surface area contributed by atoms with Crippen molar-refractivity contribution in [1.82, 2.24) is 0 Å². The van der Waals surface area contributed by atoms with E-state index in [9.17, 15) is 4.79 Å². The molecule has 0 aromatic carbocycles. The van der Waals surface area contributed by atoms with Crippen molar-refractivity contribution in [2.75, 3.05) is 7.11 Å². The van der Waals surface area contributed by atoms with Crippen LogP contribution in [0.1, 0.15) is 26.2 Å². The van der Waals surface area contributed by atoms with Gasteiger partial charge in [-0.15, -0.1) is 12.3 Å². The third-order valence-corrected chi connectivity index (χ3v) is 1.55. The van der Waals surface area contributed by atoms with Gasteiger partial charge in [0.05, 0.1) is 0 Å². The number of carbonyl (C=O) groups excluding carboxylic acids is 1. The Morgan fingerprint density at radius 1 is 1.73 bits per heavy atom. The number of unbranched alkanes of at least 4 members (excludes halogenated alkanes) is 1. The molecule has 0 bridgehead atoms. The predicted octanol–water partition coefficient (Wildman–Crippen LogP) is 1.39. The van der Waals surface area contributed by atoms with Crippen LogP contribution in [0.5, 0.6) is 0 Å². The molecule has 0 spiro atoms. The van der Waals surface area contributed by atoms with Crippen molar-refractivity contribution in [2.45, 2.75) is 32.3 Å². The Labute approximate surface area is 67.9 Å². The van der Waals surface area contributed by atoms with Gasteiger partial charge in [-0.05, 0) is 13.3 Å². The van der Waals surface area contributed by atoms with E-state index in [1.165, 1.54) is 7.11 Å². The molecule has 0 aliphatic carbocycles. The standard InChI is InChI=1S/C9H14O2/c1-4-5-6-7-9(10)8(2)11-3/h1,8H,5-7H2,2-3H3. The van der Waals surface area contributed by atoms with E-state index in [0.717, 1.165) is 6.42 Å². The second-order valence-corrected chi connectivity index (χ2v) is 2.40. The highest BCUT2D eigenvalue weighted by molar-refractivity contribution is 5.82. The lowest BCUT2D eigenvalue weighted by Gasteiger charge is -2.06. The maximum Gasteiger partial charge on any atom is 0.161 e. The molecule has 0 saturated carbocycles. The predicted molar refractivity (Wildman–Crippen MR) is 44.2 cm³/mol. The summed E-state index contributed by atoms with van der Waals surface area (Å²) in [6.45, 7) is 1.75. The van der Waals surface area contributed by atoms with E-state index < -0.39 is 0 Å². The summed E-state index contributed by atoms with van der Waals surface area (Å²) >= 11 is 0. The van der Waals surface area contributed by atoms with Gasteiger partial charge < -0.3 is 4.74 Å². The summed E-state index contributed by atoms with van der Waals surface area (Å²) in [5, 5.41) is 0. The molecular weight excluding hydrogens is 140 g/mol. The van der Waals surface area contributed by atoms with Gasteiger partial charge in [0.25, 0.3) is 0 Å². The summed E-state index contributed by atoms with van der Waals surface area (Å²) < 4.78 is 4.84. The Morgan fingerprint density at radius 3 is 2.82 bits per heavy atom. The number of hydrogen-bond acceptors (Lipinski definition) is 2. The number of ether oxygens (including phenoxy) is 1. The lowest BCUT2D eigenvalue weighted by atomic mass is 10.1. The molecule has 0 aromatic rings. The smallest absolute Gasteiger partial charge is 0.161 e. The number of carbonyl (C=O) groups is 1. The highest BCUT2D eigenvalue weighted by atomic mass is 16.5. The van der Waals surface area contributed by atoms with Crippen LogP contribution >= 0.6 is 0 Å². The van der Waals surface area contributed by atoms with Crippen LogP contribution in [0, 0.1) is 12.3 Å². The average molecular weight is 154 g/mol. The van der Waals surface area contributed by atoms with Crippen LogP contribution in [0.15, 0.2) is 0 Å². The maximum absolute atomic E-state index is 11.1. The molecule has 1 unspecified atom stereocenters. The Balaban J connectivity index is 3.46. The van der Waals surface area contributed by atoms with Crippen LogP contribution in [0.3, 0.4) is 0 Å². The van der Waals surface area contributed by atoms with Crippen molar-refractivity contribution < 1.29 is 9.53 Å². The Bertz CT molecular complexity index is 155. The van der Waals surface area contributed by atoms with E-state index in [1.807, 2.05) is 0 Å². The molecule has 0 N–H and O–H groups in total. The van der Waals surface area contributed by atoms with Crippen LogP contribution in [-0.4, -0.2) is 19.0 Å². The molecule has 2 nitrogen and oxygen atoms in total. The van der Waals surface area contributed by atoms with Crippen LogP contribution in [0.2, 0.25) is 0 Å². The molecular formula is C9H14O2. The van der Waals surface area contributed by atoms with Crippen molar-refractivity contribution >= 4 is 5.78 Å². The van der Waals surface area contributed by atoms with Gasteiger partial charge in [0.1, 0.15) is 6.10 Å². The summed E-state index contributed by atoms with van der Waals surface area (Å²) in [5.74, 6) is 2.61. The fourth-order valence-corrected chi connectivity index (χ4v) is 0.699. The SMILES string of the molecule is C#CCCCC(=O)C(C)OC. The first-order valence-corrected chi connectivity index (χ1v) is 3.71. The first kappa shape index (κ1) is 10.2. The molecule has 62 valence electrons. The molecule has 0 aliphatic rings. The van der Waals surface area contributed by atoms with Gasteiger partial charge in [-0.1, -0.05) is 0 Å². The molecule has 2 heteroatoms. The van der Waals surface area contributed by atoms with E-state index in [4.69, 9.17) is 11.2 Å². The van der Waals surface area contributed by atoms with Crippen molar-refractivity contribution in [3.63, 3.8) is 0 Å². The summed E-state index contributed by atoms with van der Waals surface area (Å²) in [4.78, 5) is 11.1. The summed E-state index contributed by atoms with van der Waals surface area (Å²) in [7, 11) is 1.53. The minimum atomic E-state index is -0.284. The molecule has 0 amide bonds. The second-order valence-electron chi connectivity index (χ2n) is 2.40. The molecule has 0 radical (unpaired) electrons. The first-order valence-electron chi connectivity index (χ1n) is 3.71. The fourth-order valence-electron chi connectivity index (χ4n) is 0.699. The number of ketones is 1. The third kappa shape index (κ3) is 4.58. The fraction of sp³-hybridized carbons (Fsp3) is 0.667. The number of terminal acetylenes is 1. The summed E-state index contributed by atoms with van der Waals surface area (Å²) in [5.41, 5.74) is 0. The molecule has 1 atom stereocenters. The van der Waals surface area contributed by atoms with Crippen molar-refractivity contribution in [3.05, 3.63) is 0 Å². The quantitative estimate of drug-likeness (QED) is 0.442. The zero-order valence-electron chi connectivity index (χ0n) is 7.09. The molecule has 11 heavy (non-hydrogen) atoms. The molecule has 0 rings (SSSR count). The molecule has 0 fully saturated rings. The molecule has 0 saturated heterocycles. The van der Waals surface area contributed by atoms with E-state index in [0.29, 0.717) is 12.8 Å². The van der Waals surface area contributed by atoms with Gasteiger partial charge in [0.2, 0.25) is 0 Å². The Hall–Kier alpha value is -0.810. The Kier molecular flexibility index (Phi) is 5.50. The third-order valence-electron chi connectivity index (χ3n) is 1.55. The van der Waals surface area contributed by atoms with Gasteiger partial charge in [-0.3, -0.25) is 4.79 Å². The topological polar surface area (TPSA) is 26.3 Å². The number of Topliss-reactive ketones (excluding diaryl/α,β-unsaturated/α-hetero) is 1. The van der Waals surface area contributed by atoms with Crippen molar-refractivity contribution in [3.8, 4) is 12.3 Å². The summed E-state index contributed by atoms with van der Waals surface area (Å²) in [6, 6.07) is 0. The van der Waals surface area contributed by atoms with Gasteiger partial charge in [-0.25, -0.2) is 0 Å². The van der Waals surface area contributed by atoms with Crippen LogP contribution in [0.4, 0.5) is 0 Å². The molecule has 0 aromatic heterocycles. The normalized spacial score (nSPS) is 12.1. The second kappa shape index (κ2) is 5.94. The monoisotopic (exact) mass is 154 g/mol. The van der Waals surface area contributed by atoms with Gasteiger partial charge in [-0.2, -0.15) is 0 Å². The molecule has 0 aliphatic heterocycles. The number of rotatable bonds is 5. The van der Waals surface area contributed by atoms with Crippen LogP contribution in [0.25, 0.3) is 0 Å². The zero-order chi connectivity index (χ0) is 8.69. The largest absolute Gasteiger partial charge is 0.374 e. The lowest BCUT2D eigenvalue weighted by molar-refractivity contribution is -0.127. The maximum atomic E-state index is 11.1. The van der Waals surface area contributed by atoms with E-state index in [-0.39, 0.29) is 11.9 Å².